The molecule has 1 nitrogen and oxygen atoms in total. The molecule has 0 aliphatic rings. The Bertz CT molecular complexity index is 167. The first-order valence-electron chi connectivity index (χ1n) is 9.55. The van der Waals surface area contributed by atoms with Crippen LogP contribution in [0.5, 0.6) is 0 Å². The Morgan fingerprint density at radius 3 is 1.85 bits per heavy atom. The molecule has 0 heterocycles. The van der Waals surface area contributed by atoms with E-state index in [-0.39, 0.29) is 0 Å². The summed E-state index contributed by atoms with van der Waals surface area (Å²) in [5.41, 5.74) is 0. The van der Waals surface area contributed by atoms with Crippen molar-refractivity contribution in [1.82, 2.24) is 5.32 Å². The molecule has 1 unspecified atom stereocenters. The van der Waals surface area contributed by atoms with Crippen LogP contribution in [0.3, 0.4) is 0 Å². The number of rotatable bonds is 16. The van der Waals surface area contributed by atoms with Crippen LogP contribution in [-0.2, 0) is 0 Å². The Morgan fingerprint density at radius 2 is 1.20 bits per heavy atom. The smallest absolute Gasteiger partial charge is 0.00205 e. The van der Waals surface area contributed by atoms with Gasteiger partial charge in [-0.05, 0) is 38.3 Å². The summed E-state index contributed by atoms with van der Waals surface area (Å²) in [5, 5.41) is 3.70. The summed E-state index contributed by atoms with van der Waals surface area (Å²) in [6.07, 6.45) is 18.3. The van der Waals surface area contributed by atoms with Crippen molar-refractivity contribution in [3.8, 4) is 0 Å². The molecule has 0 bridgehead atoms. The number of hydrogen-bond acceptors (Lipinski definition) is 1. The zero-order chi connectivity index (χ0) is 14.9. The van der Waals surface area contributed by atoms with Gasteiger partial charge in [-0.3, -0.25) is 0 Å². The average molecular weight is 284 g/mol. The molecular weight excluding hydrogens is 242 g/mol. The number of nitrogens with one attached hydrogen (secondary N) is 1. The lowest BCUT2D eigenvalue weighted by Crippen LogP contribution is -2.24. The van der Waals surface area contributed by atoms with Gasteiger partial charge >= 0.3 is 0 Å². The van der Waals surface area contributed by atoms with E-state index in [9.17, 15) is 0 Å². The maximum Gasteiger partial charge on any atom is -0.00205 e. The number of hydrogen-bond donors (Lipinski definition) is 1. The van der Waals surface area contributed by atoms with E-state index in [4.69, 9.17) is 0 Å². The fourth-order valence-corrected chi connectivity index (χ4v) is 2.95. The molecule has 1 N–H and O–H groups in total. The van der Waals surface area contributed by atoms with Crippen LogP contribution in [0, 0.1) is 5.92 Å². The van der Waals surface area contributed by atoms with E-state index in [1.807, 2.05) is 0 Å². The van der Waals surface area contributed by atoms with E-state index in [0.717, 1.165) is 5.92 Å². The van der Waals surface area contributed by atoms with Gasteiger partial charge in [-0.15, -0.1) is 0 Å². The second-order valence-electron chi connectivity index (χ2n) is 6.48. The highest BCUT2D eigenvalue weighted by molar-refractivity contribution is 4.63. The lowest BCUT2D eigenvalue weighted by atomic mass is 9.96. The van der Waals surface area contributed by atoms with E-state index in [0.29, 0.717) is 0 Å². The van der Waals surface area contributed by atoms with Crippen LogP contribution < -0.4 is 5.32 Å². The molecule has 0 radical (unpaired) electrons. The predicted molar refractivity (Wildman–Crippen MR) is 93.4 cm³/mol. The molecule has 0 rings (SSSR count). The monoisotopic (exact) mass is 283 g/mol. The molecule has 0 aliphatic heterocycles. The Hall–Kier alpha value is -0.0400. The molecule has 0 aromatic heterocycles. The summed E-state index contributed by atoms with van der Waals surface area (Å²) >= 11 is 0. The first kappa shape index (κ1) is 20.0. The van der Waals surface area contributed by atoms with Crippen LogP contribution in [0.1, 0.15) is 104 Å². The summed E-state index contributed by atoms with van der Waals surface area (Å²) in [5.74, 6) is 0.927. The van der Waals surface area contributed by atoms with Gasteiger partial charge in [-0.25, -0.2) is 0 Å². The van der Waals surface area contributed by atoms with Crippen LogP contribution >= 0.6 is 0 Å². The van der Waals surface area contributed by atoms with E-state index >= 15 is 0 Å². The largest absolute Gasteiger partial charge is 0.316 e. The molecular formula is C19H41N. The first-order valence-corrected chi connectivity index (χ1v) is 9.55. The first-order chi connectivity index (χ1) is 9.85. The van der Waals surface area contributed by atoms with Crippen molar-refractivity contribution in [3.05, 3.63) is 0 Å². The van der Waals surface area contributed by atoms with Crippen LogP contribution in [0.4, 0.5) is 0 Å². The Labute approximate surface area is 129 Å². The van der Waals surface area contributed by atoms with E-state index < -0.39 is 0 Å². The fraction of sp³-hybridized carbons (Fsp3) is 1.00. The standard InChI is InChI=1S/C19H41N/c1-4-7-9-10-11-12-14-17-20-18-19(15-6-3)16-13-8-5-2/h19-20H,4-18H2,1-3H3. The van der Waals surface area contributed by atoms with Gasteiger partial charge in [0.2, 0.25) is 0 Å². The van der Waals surface area contributed by atoms with Crippen LogP contribution in [0.15, 0.2) is 0 Å². The summed E-state index contributed by atoms with van der Waals surface area (Å²) in [6, 6.07) is 0. The van der Waals surface area contributed by atoms with Gasteiger partial charge in [0.1, 0.15) is 0 Å². The maximum atomic E-state index is 3.70. The highest BCUT2D eigenvalue weighted by Gasteiger charge is 2.06. The molecule has 0 aliphatic carbocycles. The minimum atomic E-state index is 0.927. The quantitative estimate of drug-likeness (QED) is 0.327. The SMILES string of the molecule is CCCCCCCCCNCC(CCC)CCCCC. The van der Waals surface area contributed by atoms with E-state index in [2.05, 4.69) is 26.1 Å². The molecule has 0 amide bonds. The van der Waals surface area contributed by atoms with Gasteiger partial charge in [-0.1, -0.05) is 85.0 Å². The highest BCUT2D eigenvalue weighted by Crippen LogP contribution is 2.15. The summed E-state index contributed by atoms with van der Waals surface area (Å²) in [7, 11) is 0. The Morgan fingerprint density at radius 1 is 0.600 bits per heavy atom. The second-order valence-corrected chi connectivity index (χ2v) is 6.48. The molecule has 0 aromatic carbocycles. The average Bonchev–Trinajstić information content (AvgIpc) is 2.45. The molecule has 0 spiro atoms. The fourth-order valence-electron chi connectivity index (χ4n) is 2.95. The normalized spacial score (nSPS) is 12.8. The highest BCUT2D eigenvalue weighted by atomic mass is 14.8. The van der Waals surface area contributed by atoms with Crippen molar-refractivity contribution in [2.24, 2.45) is 5.92 Å². The topological polar surface area (TPSA) is 12.0 Å². The van der Waals surface area contributed by atoms with E-state index in [1.54, 1.807) is 0 Å². The van der Waals surface area contributed by atoms with Crippen LogP contribution in [-0.4, -0.2) is 13.1 Å². The van der Waals surface area contributed by atoms with Crippen molar-refractivity contribution in [2.75, 3.05) is 13.1 Å². The third-order valence-corrected chi connectivity index (χ3v) is 4.30. The Balaban J connectivity index is 3.34. The summed E-state index contributed by atoms with van der Waals surface area (Å²) < 4.78 is 0. The van der Waals surface area contributed by atoms with Crippen molar-refractivity contribution in [2.45, 2.75) is 104 Å². The molecule has 0 saturated carbocycles. The van der Waals surface area contributed by atoms with E-state index in [1.165, 1.54) is 96.6 Å². The molecule has 1 heteroatoms. The van der Waals surface area contributed by atoms with Gasteiger partial charge in [0.25, 0.3) is 0 Å². The molecule has 0 saturated heterocycles. The van der Waals surface area contributed by atoms with Crippen LogP contribution in [0.2, 0.25) is 0 Å². The Kier molecular flexibility index (Phi) is 17.0. The lowest BCUT2D eigenvalue weighted by Gasteiger charge is -2.16. The van der Waals surface area contributed by atoms with Crippen molar-refractivity contribution >= 4 is 0 Å². The van der Waals surface area contributed by atoms with Gasteiger partial charge < -0.3 is 5.32 Å². The summed E-state index contributed by atoms with van der Waals surface area (Å²) in [6.45, 7) is 9.41. The van der Waals surface area contributed by atoms with Gasteiger partial charge in [0.05, 0.1) is 0 Å². The van der Waals surface area contributed by atoms with Gasteiger partial charge in [0.15, 0.2) is 0 Å². The molecule has 0 aromatic rings. The van der Waals surface area contributed by atoms with Crippen molar-refractivity contribution < 1.29 is 0 Å². The summed E-state index contributed by atoms with van der Waals surface area (Å²) in [4.78, 5) is 0. The zero-order valence-electron chi connectivity index (χ0n) is 14.7. The lowest BCUT2D eigenvalue weighted by molar-refractivity contribution is 0.395. The molecule has 1 atom stereocenters. The molecule has 0 fully saturated rings. The molecule has 122 valence electrons. The number of unbranched alkanes of at least 4 members (excludes halogenated alkanes) is 8. The predicted octanol–water partition coefficient (Wildman–Crippen LogP) is 6.32. The van der Waals surface area contributed by atoms with Crippen molar-refractivity contribution in [3.63, 3.8) is 0 Å². The third kappa shape index (κ3) is 14.4. The molecule has 20 heavy (non-hydrogen) atoms. The third-order valence-electron chi connectivity index (χ3n) is 4.30. The zero-order valence-corrected chi connectivity index (χ0v) is 14.7. The van der Waals surface area contributed by atoms with Crippen LogP contribution in [0.25, 0.3) is 0 Å². The minimum absolute atomic E-state index is 0.927. The van der Waals surface area contributed by atoms with Gasteiger partial charge in [-0.2, -0.15) is 0 Å². The van der Waals surface area contributed by atoms with Crippen molar-refractivity contribution in [1.29, 1.82) is 0 Å². The van der Waals surface area contributed by atoms with Gasteiger partial charge in [0, 0.05) is 0 Å². The second kappa shape index (κ2) is 17.0. The minimum Gasteiger partial charge on any atom is -0.316 e. The maximum absolute atomic E-state index is 3.70.